The van der Waals surface area contributed by atoms with Gasteiger partial charge in [0.05, 0.1) is 6.61 Å². The highest BCUT2D eigenvalue weighted by Gasteiger charge is 2.07. The van der Waals surface area contributed by atoms with E-state index in [1.54, 1.807) is 13.8 Å². The summed E-state index contributed by atoms with van der Waals surface area (Å²) in [5.41, 5.74) is 0.622. The summed E-state index contributed by atoms with van der Waals surface area (Å²) in [6, 6.07) is 0. The molecular formula is C12H20O5. The topological polar surface area (TPSA) is 87.0 Å². The quantitative estimate of drug-likeness (QED) is 0.292. The van der Waals surface area contributed by atoms with Crippen molar-refractivity contribution in [1.29, 1.82) is 0 Å². The maximum Gasteiger partial charge on any atom is 0.330 e. The van der Waals surface area contributed by atoms with E-state index in [-0.39, 0.29) is 12.4 Å². The molecule has 0 aliphatic rings. The predicted octanol–water partition coefficient (Wildman–Crippen LogP) is 1.09. The molecule has 0 bridgehead atoms. The molecule has 0 saturated heterocycles. The van der Waals surface area contributed by atoms with Crippen LogP contribution in [0, 0.1) is 0 Å². The van der Waals surface area contributed by atoms with Gasteiger partial charge in [-0.1, -0.05) is 19.2 Å². The number of ether oxygens (including phenoxy) is 1. The minimum Gasteiger partial charge on any atom is -0.510 e. The zero-order valence-corrected chi connectivity index (χ0v) is 10.2. The molecule has 5 heteroatoms. The molecule has 1 unspecified atom stereocenters. The summed E-state index contributed by atoms with van der Waals surface area (Å²) in [4.78, 5) is 10.2. The van der Waals surface area contributed by atoms with Crippen LogP contribution in [0.25, 0.3) is 0 Å². The van der Waals surface area contributed by atoms with Crippen LogP contribution in [0.2, 0.25) is 0 Å². The number of aliphatic hydroxyl groups excluding tert-OH is 3. The average Bonchev–Trinajstić information content (AvgIpc) is 2.34. The Bertz CT molecular complexity index is 277. The second-order valence-electron chi connectivity index (χ2n) is 3.21. The molecule has 17 heavy (non-hydrogen) atoms. The van der Waals surface area contributed by atoms with Gasteiger partial charge in [-0.25, -0.2) is 4.79 Å². The molecule has 0 saturated carbocycles. The summed E-state index contributed by atoms with van der Waals surface area (Å²) < 4.78 is 4.47. The normalized spacial score (nSPS) is 10.4. The van der Waals surface area contributed by atoms with Crippen molar-refractivity contribution in [2.45, 2.75) is 20.0 Å². The van der Waals surface area contributed by atoms with E-state index in [0.29, 0.717) is 5.57 Å². The third-order valence-electron chi connectivity index (χ3n) is 1.51. The standard InChI is InChI=1S/C6H12O3.C6H8O2/c1-4(2)6(9)5(8)3-7;1-3-5-8-6(7)4-2/h5,7-9H,3H2,1-2H3;3-4H,1-2,5H2. The van der Waals surface area contributed by atoms with Gasteiger partial charge in [-0.2, -0.15) is 0 Å². The molecule has 0 heterocycles. The van der Waals surface area contributed by atoms with Crippen molar-refractivity contribution >= 4 is 5.97 Å². The lowest BCUT2D eigenvalue weighted by atomic mass is 10.2. The number of carbonyl (C=O) groups is 1. The lowest BCUT2D eigenvalue weighted by Gasteiger charge is -2.06. The molecule has 0 aliphatic carbocycles. The van der Waals surface area contributed by atoms with Crippen molar-refractivity contribution in [3.05, 3.63) is 36.6 Å². The highest BCUT2D eigenvalue weighted by Crippen LogP contribution is 2.03. The summed E-state index contributed by atoms with van der Waals surface area (Å²) in [7, 11) is 0. The largest absolute Gasteiger partial charge is 0.510 e. The zero-order chi connectivity index (χ0) is 13.8. The Morgan fingerprint density at radius 3 is 2.18 bits per heavy atom. The molecule has 3 N–H and O–H groups in total. The van der Waals surface area contributed by atoms with Crippen molar-refractivity contribution in [3.8, 4) is 0 Å². The minimum absolute atomic E-state index is 0.141. The van der Waals surface area contributed by atoms with Crippen molar-refractivity contribution < 1.29 is 24.9 Å². The summed E-state index contributed by atoms with van der Waals surface area (Å²) in [6.45, 7) is 9.70. The van der Waals surface area contributed by atoms with Gasteiger partial charge in [0.2, 0.25) is 0 Å². The van der Waals surface area contributed by atoms with E-state index < -0.39 is 18.7 Å². The Morgan fingerprint density at radius 1 is 1.41 bits per heavy atom. The molecule has 0 aromatic rings. The lowest BCUT2D eigenvalue weighted by molar-refractivity contribution is -0.136. The van der Waals surface area contributed by atoms with Crippen molar-refractivity contribution in [2.24, 2.45) is 0 Å². The zero-order valence-electron chi connectivity index (χ0n) is 10.2. The maximum atomic E-state index is 10.2. The van der Waals surface area contributed by atoms with Crippen LogP contribution < -0.4 is 0 Å². The van der Waals surface area contributed by atoms with E-state index in [1.807, 2.05) is 0 Å². The fraction of sp³-hybridized carbons (Fsp3) is 0.417. The van der Waals surface area contributed by atoms with Crippen LogP contribution in [0.3, 0.4) is 0 Å². The molecule has 0 rings (SSSR count). The monoisotopic (exact) mass is 244 g/mol. The summed E-state index contributed by atoms with van der Waals surface area (Å²) in [6.07, 6.45) is 1.50. The molecule has 0 amide bonds. The third-order valence-corrected chi connectivity index (χ3v) is 1.51. The van der Waals surface area contributed by atoms with Crippen molar-refractivity contribution in [1.82, 2.24) is 0 Å². The second-order valence-corrected chi connectivity index (χ2v) is 3.21. The predicted molar refractivity (Wildman–Crippen MR) is 65.4 cm³/mol. The van der Waals surface area contributed by atoms with Gasteiger partial charge in [0.25, 0.3) is 0 Å². The first kappa shape index (κ1) is 17.8. The first-order chi connectivity index (χ1) is 7.90. The van der Waals surface area contributed by atoms with Crippen LogP contribution in [-0.4, -0.2) is 40.6 Å². The van der Waals surface area contributed by atoms with Crippen LogP contribution in [0.5, 0.6) is 0 Å². The molecular weight excluding hydrogens is 224 g/mol. The van der Waals surface area contributed by atoms with Crippen LogP contribution in [0.15, 0.2) is 36.6 Å². The van der Waals surface area contributed by atoms with Gasteiger partial charge in [-0.15, -0.1) is 0 Å². The van der Waals surface area contributed by atoms with Gasteiger partial charge in [0, 0.05) is 6.08 Å². The van der Waals surface area contributed by atoms with E-state index >= 15 is 0 Å². The van der Waals surface area contributed by atoms with Gasteiger partial charge < -0.3 is 20.1 Å². The number of hydrogen-bond acceptors (Lipinski definition) is 5. The number of hydrogen-bond donors (Lipinski definition) is 3. The van der Waals surface area contributed by atoms with Crippen LogP contribution in [0.4, 0.5) is 0 Å². The summed E-state index contributed by atoms with van der Waals surface area (Å²) in [5.74, 6) is -0.553. The van der Waals surface area contributed by atoms with E-state index in [9.17, 15) is 4.79 Å². The number of aliphatic hydroxyl groups is 3. The maximum absolute atomic E-state index is 10.2. The Balaban J connectivity index is 0. The van der Waals surface area contributed by atoms with Gasteiger partial charge in [-0.3, -0.25) is 0 Å². The van der Waals surface area contributed by atoms with Gasteiger partial charge >= 0.3 is 5.97 Å². The Hall–Kier alpha value is -1.59. The van der Waals surface area contributed by atoms with Crippen molar-refractivity contribution in [3.63, 3.8) is 0 Å². The van der Waals surface area contributed by atoms with Crippen LogP contribution in [0.1, 0.15) is 13.8 Å². The molecule has 0 fully saturated rings. The van der Waals surface area contributed by atoms with Crippen molar-refractivity contribution in [2.75, 3.05) is 13.2 Å². The number of carbonyl (C=O) groups excluding carboxylic acids is 1. The Kier molecular flexibility index (Phi) is 11.4. The first-order valence-electron chi connectivity index (χ1n) is 4.96. The molecule has 0 aromatic heterocycles. The number of allylic oxidation sites excluding steroid dienone is 1. The summed E-state index contributed by atoms with van der Waals surface area (Å²) in [5, 5.41) is 25.9. The highest BCUT2D eigenvalue weighted by molar-refractivity contribution is 5.81. The molecule has 0 aromatic carbocycles. The summed E-state index contributed by atoms with van der Waals surface area (Å²) >= 11 is 0. The second kappa shape index (κ2) is 10.9. The average molecular weight is 244 g/mol. The van der Waals surface area contributed by atoms with Gasteiger partial charge in [-0.05, 0) is 19.4 Å². The SMILES string of the molecule is C=CCOC(=O)C=C.CC(C)=C(O)C(O)CO. The fourth-order valence-electron chi connectivity index (χ4n) is 0.620. The fourth-order valence-corrected chi connectivity index (χ4v) is 0.620. The number of esters is 1. The lowest BCUT2D eigenvalue weighted by Crippen LogP contribution is -2.15. The van der Waals surface area contributed by atoms with E-state index in [4.69, 9.17) is 15.3 Å². The molecule has 0 radical (unpaired) electrons. The Morgan fingerprint density at radius 2 is 1.94 bits per heavy atom. The van der Waals surface area contributed by atoms with E-state index in [1.165, 1.54) is 6.08 Å². The minimum atomic E-state index is -1.12. The molecule has 0 spiro atoms. The number of rotatable bonds is 5. The van der Waals surface area contributed by atoms with Gasteiger partial charge in [0.15, 0.2) is 0 Å². The molecule has 1 atom stereocenters. The van der Waals surface area contributed by atoms with E-state index in [0.717, 1.165) is 6.08 Å². The molecule has 5 nitrogen and oxygen atoms in total. The van der Waals surface area contributed by atoms with Crippen LogP contribution >= 0.6 is 0 Å². The molecule has 0 aliphatic heterocycles. The highest BCUT2D eigenvalue weighted by atomic mass is 16.5. The van der Waals surface area contributed by atoms with E-state index in [2.05, 4.69) is 17.9 Å². The molecule has 98 valence electrons. The van der Waals surface area contributed by atoms with Crippen LogP contribution in [-0.2, 0) is 9.53 Å². The third kappa shape index (κ3) is 10.7. The van der Waals surface area contributed by atoms with Gasteiger partial charge in [0.1, 0.15) is 18.5 Å². The first-order valence-corrected chi connectivity index (χ1v) is 4.96. The Labute approximate surface area is 101 Å². The smallest absolute Gasteiger partial charge is 0.330 e.